The Bertz CT molecular complexity index is 385. The van der Waals surface area contributed by atoms with Crippen molar-refractivity contribution < 1.29 is 4.43 Å². The van der Waals surface area contributed by atoms with Crippen LogP contribution in [0.4, 0.5) is 0 Å². The summed E-state index contributed by atoms with van der Waals surface area (Å²) in [6.07, 6.45) is 0. The van der Waals surface area contributed by atoms with Crippen LogP contribution in [-0.4, -0.2) is 8.32 Å². The van der Waals surface area contributed by atoms with Gasteiger partial charge < -0.3 is 4.43 Å². The van der Waals surface area contributed by atoms with Gasteiger partial charge in [-0.25, -0.2) is 0 Å². The number of benzene rings is 1. The zero-order valence-electron chi connectivity index (χ0n) is 9.12. The summed E-state index contributed by atoms with van der Waals surface area (Å²) in [5, 5.41) is 0. The van der Waals surface area contributed by atoms with Gasteiger partial charge in [-0.05, 0) is 70.1 Å². The lowest BCUT2D eigenvalue weighted by Gasteiger charge is -2.22. The molecular formula is C10H13Br3OSi. The maximum atomic E-state index is 6.02. The van der Waals surface area contributed by atoms with Crippen molar-refractivity contribution in [1.29, 1.82) is 0 Å². The molecule has 0 saturated carbocycles. The highest BCUT2D eigenvalue weighted by Gasteiger charge is 2.21. The normalized spacial score (nSPS) is 11.7. The Balaban J connectivity index is 3.24. The summed E-state index contributed by atoms with van der Waals surface area (Å²) in [6.45, 7) is 8.56. The smallest absolute Gasteiger partial charge is 0.242 e. The Kier molecular flexibility index (Phi) is 4.49. The minimum Gasteiger partial charge on any atom is -0.543 e. The third kappa shape index (κ3) is 3.58. The van der Waals surface area contributed by atoms with Gasteiger partial charge in [0.15, 0.2) is 0 Å². The molecule has 0 aliphatic rings. The molecule has 0 aliphatic heterocycles. The Morgan fingerprint density at radius 1 is 1.07 bits per heavy atom. The second kappa shape index (κ2) is 4.90. The third-order valence-electron chi connectivity index (χ3n) is 1.77. The molecule has 84 valence electrons. The van der Waals surface area contributed by atoms with Crippen molar-refractivity contribution >= 4 is 56.1 Å². The monoisotopic (exact) mass is 414 g/mol. The number of halogens is 3. The van der Waals surface area contributed by atoms with Crippen molar-refractivity contribution in [2.45, 2.75) is 26.6 Å². The van der Waals surface area contributed by atoms with E-state index in [-0.39, 0.29) is 0 Å². The summed E-state index contributed by atoms with van der Waals surface area (Å²) in [4.78, 5) is 0. The van der Waals surface area contributed by atoms with E-state index in [2.05, 4.69) is 74.4 Å². The predicted octanol–water partition coefficient (Wildman–Crippen LogP) is 5.50. The number of hydrogen-bond donors (Lipinski definition) is 0. The molecule has 0 aromatic heterocycles. The van der Waals surface area contributed by atoms with Crippen molar-refractivity contribution in [2.75, 3.05) is 0 Å². The summed E-state index contributed by atoms with van der Waals surface area (Å²) in [5.74, 6) is 0.912. The molecule has 15 heavy (non-hydrogen) atoms. The van der Waals surface area contributed by atoms with Crippen LogP contribution in [0.25, 0.3) is 0 Å². The molecule has 5 heteroatoms. The van der Waals surface area contributed by atoms with Crippen LogP contribution in [-0.2, 0) is 0 Å². The second-order valence-electron chi connectivity index (χ2n) is 4.32. The fraction of sp³-hybridized carbons (Fsp3) is 0.400. The van der Waals surface area contributed by atoms with Gasteiger partial charge in [0, 0.05) is 4.47 Å². The molecule has 0 saturated heterocycles. The second-order valence-corrected chi connectivity index (χ2v) is 11.3. The zero-order valence-corrected chi connectivity index (χ0v) is 14.9. The third-order valence-corrected chi connectivity index (χ3v) is 4.95. The largest absolute Gasteiger partial charge is 0.543 e. The highest BCUT2D eigenvalue weighted by Crippen LogP contribution is 2.40. The first kappa shape index (κ1) is 13.7. The van der Waals surface area contributed by atoms with E-state index in [0.717, 1.165) is 24.7 Å². The van der Waals surface area contributed by atoms with Gasteiger partial charge in [-0.2, -0.15) is 0 Å². The molecule has 0 amide bonds. The Morgan fingerprint density at radius 2 is 1.60 bits per heavy atom. The number of rotatable bonds is 2. The summed E-state index contributed by atoms with van der Waals surface area (Å²) in [7, 11) is -1.58. The van der Waals surface area contributed by atoms with Gasteiger partial charge in [0.2, 0.25) is 8.32 Å². The van der Waals surface area contributed by atoms with Crippen molar-refractivity contribution in [1.82, 2.24) is 0 Å². The van der Waals surface area contributed by atoms with E-state index in [4.69, 9.17) is 4.43 Å². The van der Waals surface area contributed by atoms with E-state index in [0.29, 0.717) is 0 Å². The first-order valence-corrected chi connectivity index (χ1v) is 10.3. The average molecular weight is 417 g/mol. The fourth-order valence-electron chi connectivity index (χ4n) is 1.06. The fourth-order valence-corrected chi connectivity index (χ4v) is 4.47. The quantitative estimate of drug-likeness (QED) is 0.578. The Labute approximate surface area is 117 Å². The van der Waals surface area contributed by atoms with Gasteiger partial charge in [-0.15, -0.1) is 0 Å². The standard InChI is InChI=1S/C10H13Br3OSi/c1-6-7(11)5-8(12)10(9(6)13)14-15(2,3)4/h5H,1-4H3. The lowest BCUT2D eigenvalue weighted by molar-refractivity contribution is 0.549. The molecule has 1 nitrogen and oxygen atoms in total. The minimum absolute atomic E-state index is 0.912. The SMILES string of the molecule is Cc1c(Br)cc(Br)c(O[Si](C)(C)C)c1Br. The van der Waals surface area contributed by atoms with Crippen molar-refractivity contribution in [2.24, 2.45) is 0 Å². The average Bonchev–Trinajstić information content (AvgIpc) is 2.07. The van der Waals surface area contributed by atoms with Crippen molar-refractivity contribution in [3.63, 3.8) is 0 Å². The van der Waals surface area contributed by atoms with Crippen molar-refractivity contribution in [3.05, 3.63) is 25.0 Å². The van der Waals surface area contributed by atoms with Crippen molar-refractivity contribution in [3.8, 4) is 5.75 Å². The van der Waals surface area contributed by atoms with Crippen LogP contribution in [0.2, 0.25) is 19.6 Å². The van der Waals surface area contributed by atoms with Gasteiger partial charge in [0.1, 0.15) is 5.75 Å². The van der Waals surface area contributed by atoms with E-state index in [1.807, 2.05) is 6.07 Å². The molecule has 0 unspecified atom stereocenters. The lowest BCUT2D eigenvalue weighted by Crippen LogP contribution is -2.29. The molecule has 0 radical (unpaired) electrons. The molecule has 0 spiro atoms. The summed E-state index contributed by atoms with van der Waals surface area (Å²) >= 11 is 10.6. The van der Waals surface area contributed by atoms with Crippen LogP contribution in [0.1, 0.15) is 5.56 Å². The van der Waals surface area contributed by atoms with Crippen LogP contribution in [0.3, 0.4) is 0 Å². The van der Waals surface area contributed by atoms with E-state index in [1.165, 1.54) is 0 Å². The van der Waals surface area contributed by atoms with E-state index < -0.39 is 8.32 Å². The Morgan fingerprint density at radius 3 is 2.07 bits per heavy atom. The van der Waals surface area contributed by atoms with Gasteiger partial charge in [-0.1, -0.05) is 15.9 Å². The Hall–Kier alpha value is 0.677. The summed E-state index contributed by atoms with van der Waals surface area (Å²) < 4.78 is 9.10. The highest BCUT2D eigenvalue weighted by molar-refractivity contribution is 9.11. The number of hydrogen-bond acceptors (Lipinski definition) is 1. The van der Waals surface area contributed by atoms with Crippen LogP contribution in [0, 0.1) is 6.92 Å². The van der Waals surface area contributed by atoms with E-state index in [9.17, 15) is 0 Å². The lowest BCUT2D eigenvalue weighted by atomic mass is 10.2. The van der Waals surface area contributed by atoms with E-state index in [1.54, 1.807) is 0 Å². The first-order valence-electron chi connectivity index (χ1n) is 4.55. The molecular weight excluding hydrogens is 404 g/mol. The molecule has 0 atom stereocenters. The molecule has 0 bridgehead atoms. The molecule has 1 rings (SSSR count). The van der Waals surface area contributed by atoms with Crippen LogP contribution in [0.15, 0.2) is 19.5 Å². The molecule has 1 aromatic rings. The van der Waals surface area contributed by atoms with Gasteiger partial charge in [-0.3, -0.25) is 0 Å². The van der Waals surface area contributed by atoms with Crippen LogP contribution < -0.4 is 4.43 Å². The molecule has 0 N–H and O–H groups in total. The van der Waals surface area contributed by atoms with Gasteiger partial charge in [0.05, 0.1) is 8.95 Å². The highest BCUT2D eigenvalue weighted by atomic mass is 79.9. The van der Waals surface area contributed by atoms with Crippen LogP contribution >= 0.6 is 47.8 Å². The maximum Gasteiger partial charge on any atom is 0.242 e. The summed E-state index contributed by atoms with van der Waals surface area (Å²) in [5.41, 5.74) is 1.16. The molecule has 0 heterocycles. The van der Waals surface area contributed by atoms with Gasteiger partial charge in [0.25, 0.3) is 0 Å². The first-order chi connectivity index (χ1) is 6.72. The summed E-state index contributed by atoms with van der Waals surface area (Å²) in [6, 6.07) is 2.02. The molecule has 0 aliphatic carbocycles. The van der Waals surface area contributed by atoms with Gasteiger partial charge >= 0.3 is 0 Å². The molecule has 0 fully saturated rings. The zero-order chi connectivity index (χ0) is 11.8. The maximum absolute atomic E-state index is 6.02. The molecule has 1 aromatic carbocycles. The minimum atomic E-state index is -1.58. The van der Waals surface area contributed by atoms with Crippen LogP contribution in [0.5, 0.6) is 5.75 Å². The predicted molar refractivity (Wildman–Crippen MR) is 78.3 cm³/mol. The topological polar surface area (TPSA) is 9.23 Å². The van der Waals surface area contributed by atoms with E-state index >= 15 is 0 Å².